The summed E-state index contributed by atoms with van der Waals surface area (Å²) in [5.41, 5.74) is 0.260. The monoisotopic (exact) mass is 195 g/mol. The van der Waals surface area contributed by atoms with Crippen molar-refractivity contribution < 1.29 is 18.7 Å². The number of ether oxygens (including phenoxy) is 1. The van der Waals surface area contributed by atoms with Gasteiger partial charge in [0.05, 0.1) is 18.4 Å². The molecule has 2 rings (SSSR count). The van der Waals surface area contributed by atoms with Crippen LogP contribution in [-0.4, -0.2) is 18.8 Å². The summed E-state index contributed by atoms with van der Waals surface area (Å²) in [4.78, 5) is 22.2. The average molecular weight is 195 g/mol. The minimum Gasteiger partial charge on any atom is -0.492 e. The number of methoxy groups -OCH3 is 1. The second-order valence-corrected chi connectivity index (χ2v) is 2.79. The molecule has 0 radical (unpaired) electrons. The smallest absolute Gasteiger partial charge is 0.296 e. The van der Waals surface area contributed by atoms with Gasteiger partial charge in [-0.15, -0.1) is 0 Å². The molecule has 0 aromatic heterocycles. The van der Waals surface area contributed by atoms with Crippen LogP contribution in [0.5, 0.6) is 5.75 Å². The van der Waals surface area contributed by atoms with Crippen molar-refractivity contribution in [1.82, 2.24) is 0 Å². The Morgan fingerprint density at radius 3 is 2.71 bits per heavy atom. The summed E-state index contributed by atoms with van der Waals surface area (Å²) in [5, 5.41) is 2.25. The van der Waals surface area contributed by atoms with Crippen LogP contribution in [0.2, 0.25) is 0 Å². The van der Waals surface area contributed by atoms with Crippen molar-refractivity contribution >= 4 is 17.4 Å². The van der Waals surface area contributed by atoms with Gasteiger partial charge in [0.25, 0.3) is 11.7 Å². The van der Waals surface area contributed by atoms with Crippen LogP contribution < -0.4 is 10.1 Å². The Morgan fingerprint density at radius 2 is 2.07 bits per heavy atom. The molecule has 14 heavy (non-hydrogen) atoms. The molecule has 1 heterocycles. The lowest BCUT2D eigenvalue weighted by atomic mass is 10.1. The first-order valence-corrected chi connectivity index (χ1v) is 3.87. The van der Waals surface area contributed by atoms with Gasteiger partial charge in [0, 0.05) is 0 Å². The van der Waals surface area contributed by atoms with Crippen molar-refractivity contribution in [3.05, 3.63) is 23.5 Å². The fourth-order valence-corrected chi connectivity index (χ4v) is 1.36. The second kappa shape index (κ2) is 2.80. The largest absolute Gasteiger partial charge is 0.492 e. The fourth-order valence-electron chi connectivity index (χ4n) is 1.36. The molecule has 0 atom stereocenters. The number of amides is 1. The molecule has 1 aliphatic rings. The summed E-state index contributed by atoms with van der Waals surface area (Å²) < 4.78 is 17.9. The fraction of sp³-hybridized carbons (Fsp3) is 0.111. The molecule has 5 heteroatoms. The van der Waals surface area contributed by atoms with Gasteiger partial charge in [0.1, 0.15) is 0 Å². The number of fused-ring (bicyclic) bond motifs is 1. The molecule has 0 saturated carbocycles. The summed E-state index contributed by atoms with van der Waals surface area (Å²) in [6, 6.07) is 2.35. The minimum atomic E-state index is -0.760. The van der Waals surface area contributed by atoms with Gasteiger partial charge < -0.3 is 10.1 Å². The maximum atomic E-state index is 13.1. The average Bonchev–Trinajstić information content (AvgIpc) is 2.43. The molecule has 1 amide bonds. The van der Waals surface area contributed by atoms with Crippen LogP contribution in [0, 0.1) is 5.82 Å². The van der Waals surface area contributed by atoms with Crippen molar-refractivity contribution in [2.24, 2.45) is 0 Å². The first kappa shape index (κ1) is 8.68. The molecule has 0 unspecified atom stereocenters. The quantitative estimate of drug-likeness (QED) is 0.679. The number of ketones is 1. The summed E-state index contributed by atoms with van der Waals surface area (Å²) in [6.07, 6.45) is 0. The van der Waals surface area contributed by atoms with E-state index in [0.717, 1.165) is 6.07 Å². The van der Waals surface area contributed by atoms with Crippen LogP contribution in [0.3, 0.4) is 0 Å². The molecule has 1 aromatic rings. The summed E-state index contributed by atoms with van der Waals surface area (Å²) >= 11 is 0. The summed E-state index contributed by atoms with van der Waals surface area (Å²) in [6.45, 7) is 0. The van der Waals surface area contributed by atoms with E-state index in [1.807, 2.05) is 0 Å². The molecule has 0 fully saturated rings. The first-order valence-electron chi connectivity index (χ1n) is 3.87. The molecule has 0 saturated heterocycles. The number of rotatable bonds is 1. The normalized spacial score (nSPS) is 13.9. The van der Waals surface area contributed by atoms with Crippen LogP contribution >= 0.6 is 0 Å². The lowest BCUT2D eigenvalue weighted by Gasteiger charge is -2.06. The third-order valence-electron chi connectivity index (χ3n) is 2.00. The lowest BCUT2D eigenvalue weighted by molar-refractivity contribution is -0.112. The highest BCUT2D eigenvalue weighted by molar-refractivity contribution is 6.52. The Labute approximate surface area is 78.7 Å². The number of Topliss-reactive ketones (excluding diaryl/α,β-unsaturated/α-hetero) is 1. The van der Waals surface area contributed by atoms with Gasteiger partial charge in [0.2, 0.25) is 0 Å². The number of carbonyl (C=O) groups excluding carboxylic acids is 2. The Balaban J connectivity index is 2.67. The molecule has 1 aromatic carbocycles. The van der Waals surface area contributed by atoms with Gasteiger partial charge in [-0.25, -0.2) is 4.39 Å². The SMILES string of the molecule is COc1c(F)ccc2c1NC(=O)C2=O. The Kier molecular flexibility index (Phi) is 1.73. The third kappa shape index (κ3) is 0.985. The molecule has 0 bridgehead atoms. The van der Waals surface area contributed by atoms with Crippen LogP contribution in [0.1, 0.15) is 10.4 Å². The van der Waals surface area contributed by atoms with Crippen molar-refractivity contribution in [3.63, 3.8) is 0 Å². The topological polar surface area (TPSA) is 55.4 Å². The van der Waals surface area contributed by atoms with E-state index in [-0.39, 0.29) is 17.0 Å². The summed E-state index contributed by atoms with van der Waals surface area (Å²) in [5.74, 6) is -2.15. The number of benzene rings is 1. The Hall–Kier alpha value is -1.91. The molecular weight excluding hydrogens is 189 g/mol. The van der Waals surface area contributed by atoms with Gasteiger partial charge >= 0.3 is 0 Å². The molecular formula is C9H6FNO3. The highest BCUT2D eigenvalue weighted by atomic mass is 19.1. The lowest BCUT2D eigenvalue weighted by Crippen LogP contribution is -2.12. The molecule has 0 spiro atoms. The van der Waals surface area contributed by atoms with Gasteiger partial charge in [-0.3, -0.25) is 9.59 Å². The number of hydrogen-bond donors (Lipinski definition) is 1. The molecule has 0 aliphatic carbocycles. The van der Waals surface area contributed by atoms with E-state index >= 15 is 0 Å². The van der Waals surface area contributed by atoms with E-state index in [9.17, 15) is 14.0 Å². The van der Waals surface area contributed by atoms with Gasteiger partial charge in [-0.1, -0.05) is 0 Å². The minimum absolute atomic E-state index is 0.110. The van der Waals surface area contributed by atoms with Crippen LogP contribution in [0.4, 0.5) is 10.1 Å². The molecule has 72 valence electrons. The van der Waals surface area contributed by atoms with Crippen molar-refractivity contribution in [1.29, 1.82) is 0 Å². The van der Waals surface area contributed by atoms with Crippen LogP contribution in [-0.2, 0) is 4.79 Å². The standard InChI is InChI=1S/C9H6FNO3/c1-14-8-5(10)3-2-4-6(8)11-9(13)7(4)12/h2-3H,1H3,(H,11,12,13). The van der Waals surface area contributed by atoms with E-state index in [4.69, 9.17) is 4.74 Å². The Morgan fingerprint density at radius 1 is 1.36 bits per heavy atom. The van der Waals surface area contributed by atoms with E-state index in [1.165, 1.54) is 13.2 Å². The number of halogens is 1. The zero-order valence-electron chi connectivity index (χ0n) is 7.26. The predicted octanol–water partition coefficient (Wildman–Crippen LogP) is 0.969. The van der Waals surface area contributed by atoms with Crippen molar-refractivity contribution in [3.8, 4) is 5.75 Å². The molecule has 1 aliphatic heterocycles. The number of carbonyl (C=O) groups is 2. The first-order chi connectivity index (χ1) is 6.65. The molecule has 4 nitrogen and oxygen atoms in total. The van der Waals surface area contributed by atoms with E-state index in [1.54, 1.807) is 0 Å². The predicted molar refractivity (Wildman–Crippen MR) is 45.9 cm³/mol. The molecule has 1 N–H and O–H groups in total. The van der Waals surface area contributed by atoms with Crippen molar-refractivity contribution in [2.45, 2.75) is 0 Å². The summed E-state index contributed by atoms with van der Waals surface area (Å²) in [7, 11) is 1.27. The maximum absolute atomic E-state index is 13.1. The number of nitrogens with one attached hydrogen (secondary N) is 1. The van der Waals surface area contributed by atoms with E-state index < -0.39 is 17.5 Å². The zero-order valence-corrected chi connectivity index (χ0v) is 7.26. The van der Waals surface area contributed by atoms with E-state index in [0.29, 0.717) is 0 Å². The maximum Gasteiger partial charge on any atom is 0.296 e. The van der Waals surface area contributed by atoms with Crippen molar-refractivity contribution in [2.75, 3.05) is 12.4 Å². The highest BCUT2D eigenvalue weighted by Gasteiger charge is 2.31. The van der Waals surface area contributed by atoms with Gasteiger partial charge in [0.15, 0.2) is 11.6 Å². The van der Waals surface area contributed by atoms with Gasteiger partial charge in [-0.2, -0.15) is 0 Å². The second-order valence-electron chi connectivity index (χ2n) is 2.79. The van der Waals surface area contributed by atoms with Crippen LogP contribution in [0.25, 0.3) is 0 Å². The number of hydrogen-bond acceptors (Lipinski definition) is 3. The zero-order chi connectivity index (χ0) is 10.3. The van der Waals surface area contributed by atoms with Gasteiger partial charge in [-0.05, 0) is 12.1 Å². The number of anilines is 1. The Bertz CT molecular complexity index is 442. The van der Waals surface area contributed by atoms with E-state index in [2.05, 4.69) is 5.32 Å². The van der Waals surface area contributed by atoms with Crippen LogP contribution in [0.15, 0.2) is 12.1 Å². The highest BCUT2D eigenvalue weighted by Crippen LogP contribution is 2.35. The third-order valence-corrected chi connectivity index (χ3v) is 2.00.